The molecule has 0 aliphatic rings. The number of aromatic hydroxyl groups is 3. The molecule has 0 radical (unpaired) electrons. The lowest BCUT2D eigenvalue weighted by Crippen LogP contribution is -2.02. The third kappa shape index (κ3) is 5.61. The fourth-order valence-corrected chi connectivity index (χ4v) is 4.60. The van der Waals surface area contributed by atoms with Gasteiger partial charge < -0.3 is 15.3 Å². The number of phenolic OH excluding ortho intramolecular Hbond substituents is 3. The molecule has 0 saturated heterocycles. The highest BCUT2D eigenvalue weighted by Crippen LogP contribution is 2.49. The molecule has 0 aliphatic heterocycles. The van der Waals surface area contributed by atoms with Crippen LogP contribution in [0.15, 0.2) is 54.6 Å². The number of nitrogens with zero attached hydrogens (tertiary/aromatic N) is 6. The first kappa shape index (κ1) is 30.6. The Morgan fingerprint density at radius 3 is 0.622 bits per heavy atom. The van der Waals surface area contributed by atoms with Crippen molar-refractivity contribution in [3.8, 4) is 50.6 Å². The minimum Gasteiger partial charge on any atom is -0.507 e. The normalized spacial score (nSPS) is 10.7. The summed E-state index contributed by atoms with van der Waals surface area (Å²) in [6.07, 6.45) is 0. The van der Waals surface area contributed by atoms with Gasteiger partial charge in [-0.05, 0) is 34.9 Å². The standard InChI is InChI=1S/C24H12N6O15/c31-13-4-16(25(34)35)22(17(5-13)26(36)37)10-1-11(23-18(27(38)39)6-14(32)7-19(23)28(40)41)3-12(2-10)24-20(29(42)43)8-15(33)9-21(24)30(44)45/h1-9,31-33H. The molecule has 228 valence electrons. The van der Waals surface area contributed by atoms with Crippen LogP contribution in [-0.2, 0) is 0 Å². The Labute approximate surface area is 245 Å². The molecule has 21 nitrogen and oxygen atoms in total. The third-order valence-corrected chi connectivity index (χ3v) is 6.22. The fourth-order valence-electron chi connectivity index (χ4n) is 4.60. The average molecular weight is 624 g/mol. The van der Waals surface area contributed by atoms with Crippen LogP contribution in [0.3, 0.4) is 0 Å². The topological polar surface area (TPSA) is 320 Å². The van der Waals surface area contributed by atoms with Crippen LogP contribution < -0.4 is 0 Å². The molecule has 0 aromatic heterocycles. The summed E-state index contributed by atoms with van der Waals surface area (Å²) >= 11 is 0. The monoisotopic (exact) mass is 624 g/mol. The SMILES string of the molecule is O=[N+]([O-])c1cc(O)cc([N+](=O)[O-])c1-c1cc(-c2c([N+](=O)[O-])cc(O)cc2[N+](=O)[O-])cc(-c2c([N+](=O)[O-])cc(O)cc2[N+](=O)[O-])c1. The van der Waals surface area contributed by atoms with Crippen molar-refractivity contribution in [2.24, 2.45) is 0 Å². The van der Waals surface area contributed by atoms with Gasteiger partial charge in [-0.25, -0.2) is 0 Å². The fraction of sp³-hybridized carbons (Fsp3) is 0. The molecule has 4 rings (SSSR count). The van der Waals surface area contributed by atoms with Crippen molar-refractivity contribution in [2.45, 2.75) is 0 Å². The summed E-state index contributed by atoms with van der Waals surface area (Å²) in [5, 5.41) is 101. The van der Waals surface area contributed by atoms with Gasteiger partial charge in [0.25, 0.3) is 34.1 Å². The number of benzene rings is 4. The molecule has 0 fully saturated rings. The van der Waals surface area contributed by atoms with Crippen molar-refractivity contribution >= 4 is 34.1 Å². The number of hydrogen-bond acceptors (Lipinski definition) is 15. The highest BCUT2D eigenvalue weighted by Gasteiger charge is 2.35. The molecule has 0 saturated carbocycles. The molecule has 0 spiro atoms. The van der Waals surface area contributed by atoms with E-state index in [-0.39, 0.29) is 0 Å². The minimum atomic E-state index is -1.16. The van der Waals surface area contributed by atoms with Gasteiger partial charge >= 0.3 is 0 Å². The molecule has 0 aliphatic carbocycles. The lowest BCUT2D eigenvalue weighted by molar-refractivity contribution is -0.393. The highest BCUT2D eigenvalue weighted by atomic mass is 16.6. The molecule has 4 aromatic carbocycles. The predicted octanol–water partition coefficient (Wildman–Crippen LogP) is 5.25. The molecule has 4 aromatic rings. The van der Waals surface area contributed by atoms with E-state index in [4.69, 9.17) is 0 Å². The van der Waals surface area contributed by atoms with E-state index >= 15 is 0 Å². The van der Waals surface area contributed by atoms with E-state index in [0.717, 1.165) is 18.2 Å². The Morgan fingerprint density at radius 1 is 0.333 bits per heavy atom. The lowest BCUT2D eigenvalue weighted by atomic mass is 9.89. The number of rotatable bonds is 9. The molecular weight excluding hydrogens is 612 g/mol. The largest absolute Gasteiger partial charge is 0.507 e. The van der Waals surface area contributed by atoms with Crippen LogP contribution in [0.4, 0.5) is 34.1 Å². The molecule has 3 N–H and O–H groups in total. The lowest BCUT2D eigenvalue weighted by Gasteiger charge is -2.13. The van der Waals surface area contributed by atoms with Crippen LogP contribution in [0, 0.1) is 60.7 Å². The van der Waals surface area contributed by atoms with Crippen molar-refractivity contribution in [1.29, 1.82) is 0 Å². The predicted molar refractivity (Wildman–Crippen MR) is 148 cm³/mol. The van der Waals surface area contributed by atoms with Crippen LogP contribution in [0.5, 0.6) is 17.2 Å². The van der Waals surface area contributed by atoms with Gasteiger partial charge in [0.1, 0.15) is 33.9 Å². The van der Waals surface area contributed by atoms with E-state index in [9.17, 15) is 76.0 Å². The minimum absolute atomic E-state index is 0.492. The smallest absolute Gasteiger partial charge is 0.287 e. The summed E-state index contributed by atoms with van der Waals surface area (Å²) in [5.74, 6) is -2.82. The zero-order valence-corrected chi connectivity index (χ0v) is 21.6. The van der Waals surface area contributed by atoms with Crippen molar-refractivity contribution < 1.29 is 44.9 Å². The van der Waals surface area contributed by atoms with Crippen LogP contribution >= 0.6 is 0 Å². The van der Waals surface area contributed by atoms with Crippen LogP contribution in [0.2, 0.25) is 0 Å². The first-order chi connectivity index (χ1) is 21.0. The maximum atomic E-state index is 11.9. The molecule has 0 amide bonds. The maximum absolute atomic E-state index is 11.9. The van der Waals surface area contributed by atoms with E-state index in [1.54, 1.807) is 0 Å². The van der Waals surface area contributed by atoms with Crippen LogP contribution in [-0.4, -0.2) is 44.9 Å². The Bertz CT molecular complexity index is 1680. The Morgan fingerprint density at radius 2 is 0.489 bits per heavy atom. The third-order valence-electron chi connectivity index (χ3n) is 6.22. The second kappa shape index (κ2) is 11.2. The summed E-state index contributed by atoms with van der Waals surface area (Å²) in [7, 11) is 0. The summed E-state index contributed by atoms with van der Waals surface area (Å²) in [4.78, 5) is 64.7. The van der Waals surface area contributed by atoms with E-state index in [0.29, 0.717) is 36.4 Å². The van der Waals surface area contributed by atoms with Crippen molar-refractivity contribution in [3.63, 3.8) is 0 Å². The van der Waals surface area contributed by atoms with Gasteiger partial charge in [-0.3, -0.25) is 60.7 Å². The molecule has 21 heteroatoms. The average Bonchev–Trinajstić information content (AvgIpc) is 2.95. The first-order valence-corrected chi connectivity index (χ1v) is 11.6. The quantitative estimate of drug-likeness (QED) is 0.158. The molecule has 45 heavy (non-hydrogen) atoms. The molecule has 0 atom stereocenters. The Hall–Kier alpha value is -7.32. The summed E-state index contributed by atoms with van der Waals surface area (Å²) in [6, 6.07) is 5.24. The van der Waals surface area contributed by atoms with Crippen molar-refractivity contribution in [2.75, 3.05) is 0 Å². The number of nitro benzene ring substituents is 6. The van der Waals surface area contributed by atoms with Gasteiger partial charge in [0.15, 0.2) is 0 Å². The van der Waals surface area contributed by atoms with E-state index in [2.05, 4.69) is 0 Å². The Balaban J connectivity index is 2.33. The summed E-state index contributed by atoms with van der Waals surface area (Å²) in [6.45, 7) is 0. The van der Waals surface area contributed by atoms with Crippen LogP contribution in [0.1, 0.15) is 0 Å². The van der Waals surface area contributed by atoms with Gasteiger partial charge in [-0.15, -0.1) is 0 Å². The Kier molecular flexibility index (Phi) is 7.60. The number of hydrogen-bond donors (Lipinski definition) is 3. The zero-order chi connectivity index (χ0) is 33.5. The highest BCUT2D eigenvalue weighted by molar-refractivity contribution is 5.95. The number of phenols is 3. The molecule has 0 bridgehead atoms. The van der Waals surface area contributed by atoms with E-state index in [1.807, 2.05) is 0 Å². The molecule has 0 heterocycles. The summed E-state index contributed by atoms with van der Waals surface area (Å²) < 4.78 is 0. The van der Waals surface area contributed by atoms with Crippen molar-refractivity contribution in [3.05, 3.63) is 115 Å². The maximum Gasteiger partial charge on any atom is 0.287 e. The van der Waals surface area contributed by atoms with E-state index in [1.165, 1.54) is 0 Å². The first-order valence-electron chi connectivity index (χ1n) is 11.6. The van der Waals surface area contributed by atoms with Gasteiger partial charge in [-0.1, -0.05) is 0 Å². The molecule has 0 unspecified atom stereocenters. The summed E-state index contributed by atoms with van der Waals surface area (Å²) in [5.41, 5.74) is -11.5. The van der Waals surface area contributed by atoms with Gasteiger partial charge in [0, 0.05) is 0 Å². The molecular formula is C24H12N6O15. The van der Waals surface area contributed by atoms with Gasteiger partial charge in [-0.2, -0.15) is 0 Å². The number of nitro groups is 6. The van der Waals surface area contributed by atoms with Gasteiger partial charge in [0.05, 0.1) is 65.9 Å². The van der Waals surface area contributed by atoms with Crippen molar-refractivity contribution in [1.82, 2.24) is 0 Å². The van der Waals surface area contributed by atoms with Crippen LogP contribution in [0.25, 0.3) is 33.4 Å². The van der Waals surface area contributed by atoms with Gasteiger partial charge in [0.2, 0.25) is 0 Å². The second-order valence-corrected chi connectivity index (χ2v) is 8.92. The van der Waals surface area contributed by atoms with E-state index < -0.39 is 114 Å². The zero-order valence-electron chi connectivity index (χ0n) is 21.6. The second-order valence-electron chi connectivity index (χ2n) is 8.92.